The van der Waals surface area contributed by atoms with Crippen molar-refractivity contribution in [1.82, 2.24) is 4.90 Å². The molecule has 0 aromatic heterocycles. The molecule has 1 aliphatic carbocycles. The van der Waals surface area contributed by atoms with Crippen molar-refractivity contribution in [3.05, 3.63) is 35.9 Å². The molecule has 4 rings (SSSR count). The Hall–Kier alpha value is -0.940. The number of methoxy groups -OCH3 is 1. The first-order chi connectivity index (χ1) is 12.9. The highest BCUT2D eigenvalue weighted by Crippen LogP contribution is 2.49. The van der Waals surface area contributed by atoms with E-state index in [0.717, 1.165) is 38.3 Å². The average molecular weight is 374 g/mol. The van der Waals surface area contributed by atoms with Crippen LogP contribution in [0.25, 0.3) is 0 Å². The van der Waals surface area contributed by atoms with Gasteiger partial charge in [0, 0.05) is 7.11 Å². The molecule has 2 saturated heterocycles. The highest BCUT2D eigenvalue weighted by molar-refractivity contribution is 5.16. The molecule has 2 aliphatic heterocycles. The summed E-state index contributed by atoms with van der Waals surface area (Å²) in [7, 11) is 1.80. The van der Waals surface area contributed by atoms with E-state index < -0.39 is 5.60 Å². The first-order valence-corrected chi connectivity index (χ1v) is 10.6. The van der Waals surface area contributed by atoms with Crippen molar-refractivity contribution in [2.75, 3.05) is 26.8 Å². The van der Waals surface area contributed by atoms with Crippen molar-refractivity contribution >= 4 is 0 Å². The third kappa shape index (κ3) is 3.82. The van der Waals surface area contributed by atoms with Crippen molar-refractivity contribution in [3.8, 4) is 0 Å². The Balaban J connectivity index is 1.42. The van der Waals surface area contributed by atoms with Crippen LogP contribution in [0, 0.1) is 11.8 Å². The first kappa shape index (κ1) is 19.4. The van der Waals surface area contributed by atoms with Gasteiger partial charge in [0.15, 0.2) is 0 Å². The number of likely N-dealkylation sites (tertiary alicyclic amines) is 1. The van der Waals surface area contributed by atoms with E-state index in [0.29, 0.717) is 6.61 Å². The maximum atomic E-state index is 11.6. The highest BCUT2D eigenvalue weighted by atomic mass is 16.5. The zero-order chi connectivity index (χ0) is 19.1. The molecule has 0 unspecified atom stereocenters. The third-order valence-corrected chi connectivity index (χ3v) is 7.23. The summed E-state index contributed by atoms with van der Waals surface area (Å²) in [6, 6.07) is 10.9. The summed E-state index contributed by atoms with van der Waals surface area (Å²) in [6.07, 6.45) is 5.49. The van der Waals surface area contributed by atoms with Gasteiger partial charge < -0.3 is 14.6 Å². The van der Waals surface area contributed by atoms with Crippen LogP contribution in [0.3, 0.4) is 0 Å². The number of rotatable bonds is 4. The number of fused-ring (bicyclic) bond motifs is 1. The largest absolute Gasteiger partial charge is 0.385 e. The van der Waals surface area contributed by atoms with Crippen LogP contribution >= 0.6 is 0 Å². The second-order valence-corrected chi connectivity index (χ2v) is 9.56. The number of piperidine rings is 1. The fraction of sp³-hybridized carbons (Fsp3) is 0.739. The number of benzene rings is 1. The van der Waals surface area contributed by atoms with Gasteiger partial charge in [-0.15, -0.1) is 0 Å². The second-order valence-electron chi connectivity index (χ2n) is 9.56. The van der Waals surface area contributed by atoms with E-state index in [1.54, 1.807) is 7.11 Å². The van der Waals surface area contributed by atoms with Crippen molar-refractivity contribution in [1.29, 1.82) is 0 Å². The zero-order valence-electron chi connectivity index (χ0n) is 17.1. The molecule has 1 aromatic rings. The predicted octanol–water partition coefficient (Wildman–Crippen LogP) is 3.27. The molecule has 3 fully saturated rings. The minimum absolute atomic E-state index is 0.0567. The molecular formula is C23H35NO3. The molecule has 150 valence electrons. The lowest BCUT2D eigenvalue weighted by molar-refractivity contribution is -0.200. The molecule has 0 spiro atoms. The summed E-state index contributed by atoms with van der Waals surface area (Å²) in [4.78, 5) is 2.50. The maximum absolute atomic E-state index is 11.6. The van der Waals surface area contributed by atoms with Gasteiger partial charge in [-0.25, -0.2) is 0 Å². The summed E-state index contributed by atoms with van der Waals surface area (Å²) in [5.74, 6) is 0.997. The number of hydrogen-bond donors (Lipinski definition) is 1. The lowest BCUT2D eigenvalue weighted by atomic mass is 9.78. The van der Waals surface area contributed by atoms with Gasteiger partial charge in [0.05, 0.1) is 24.4 Å². The normalized spacial score (nSPS) is 37.3. The molecule has 0 bridgehead atoms. The lowest BCUT2D eigenvalue weighted by Gasteiger charge is -2.49. The van der Waals surface area contributed by atoms with E-state index in [4.69, 9.17) is 9.47 Å². The molecule has 1 aromatic carbocycles. The van der Waals surface area contributed by atoms with E-state index in [9.17, 15) is 5.11 Å². The van der Waals surface area contributed by atoms with E-state index in [1.165, 1.54) is 18.4 Å². The molecule has 4 atom stereocenters. The van der Waals surface area contributed by atoms with Gasteiger partial charge >= 0.3 is 0 Å². The van der Waals surface area contributed by atoms with Crippen LogP contribution in [0.1, 0.15) is 45.1 Å². The minimum Gasteiger partial charge on any atom is -0.385 e. The van der Waals surface area contributed by atoms with Gasteiger partial charge in [0.2, 0.25) is 0 Å². The maximum Gasteiger partial charge on any atom is 0.109 e. The second kappa shape index (κ2) is 7.47. The zero-order valence-corrected chi connectivity index (χ0v) is 17.1. The van der Waals surface area contributed by atoms with Crippen LogP contribution in [-0.4, -0.2) is 60.2 Å². The fourth-order valence-corrected chi connectivity index (χ4v) is 5.76. The molecule has 3 aliphatic rings. The van der Waals surface area contributed by atoms with Gasteiger partial charge in [-0.3, -0.25) is 4.90 Å². The molecule has 0 radical (unpaired) electrons. The molecular weight excluding hydrogens is 338 g/mol. The van der Waals surface area contributed by atoms with Crippen molar-refractivity contribution in [3.63, 3.8) is 0 Å². The molecule has 4 nitrogen and oxygen atoms in total. The van der Waals surface area contributed by atoms with Crippen LogP contribution < -0.4 is 0 Å². The Morgan fingerprint density at radius 2 is 1.89 bits per heavy atom. The van der Waals surface area contributed by atoms with Crippen molar-refractivity contribution in [2.45, 2.75) is 69.3 Å². The Morgan fingerprint density at radius 1 is 1.19 bits per heavy atom. The Bertz CT molecular complexity index is 626. The molecule has 0 amide bonds. The smallest absolute Gasteiger partial charge is 0.109 e. The van der Waals surface area contributed by atoms with Gasteiger partial charge in [-0.05, 0) is 76.4 Å². The van der Waals surface area contributed by atoms with Crippen LogP contribution in [0.15, 0.2) is 30.3 Å². The Morgan fingerprint density at radius 3 is 2.56 bits per heavy atom. The number of aliphatic hydroxyl groups is 1. The van der Waals surface area contributed by atoms with Crippen molar-refractivity contribution < 1.29 is 14.6 Å². The monoisotopic (exact) mass is 373 g/mol. The predicted molar refractivity (Wildman–Crippen MR) is 107 cm³/mol. The van der Waals surface area contributed by atoms with E-state index in [1.807, 2.05) is 0 Å². The fourth-order valence-electron chi connectivity index (χ4n) is 5.76. The molecule has 4 heteroatoms. The average Bonchev–Trinajstić information content (AvgIpc) is 2.94. The number of hydrogen-bond acceptors (Lipinski definition) is 4. The van der Waals surface area contributed by atoms with Gasteiger partial charge in [0.25, 0.3) is 0 Å². The Labute approximate surface area is 163 Å². The standard InChI is InChI=1S/C23H35NO3/c1-22(2)15-19-14-20(26-3)21(23(19,25)16-27-22)24-11-9-18(10-12-24)13-17-7-5-4-6-8-17/h4-8,18-21,25H,9-16H2,1-3H3/t19-,20-,21+,23+/m1/s1. The molecule has 1 N–H and O–H groups in total. The van der Waals surface area contributed by atoms with Crippen LogP contribution in [0.4, 0.5) is 0 Å². The van der Waals surface area contributed by atoms with Crippen molar-refractivity contribution in [2.24, 2.45) is 11.8 Å². The van der Waals surface area contributed by atoms with E-state index >= 15 is 0 Å². The number of ether oxygens (including phenoxy) is 2. The lowest BCUT2D eigenvalue weighted by Crippen LogP contribution is -2.62. The van der Waals surface area contributed by atoms with Gasteiger partial charge in [-0.1, -0.05) is 30.3 Å². The van der Waals surface area contributed by atoms with Crippen LogP contribution in [0.2, 0.25) is 0 Å². The quantitative estimate of drug-likeness (QED) is 0.880. The summed E-state index contributed by atoms with van der Waals surface area (Å²) >= 11 is 0. The summed E-state index contributed by atoms with van der Waals surface area (Å²) in [5.41, 5.74) is 0.517. The summed E-state index contributed by atoms with van der Waals surface area (Å²) in [6.45, 7) is 6.79. The number of nitrogens with zero attached hydrogens (tertiary/aromatic N) is 1. The molecule has 1 saturated carbocycles. The molecule has 2 heterocycles. The molecule has 27 heavy (non-hydrogen) atoms. The topological polar surface area (TPSA) is 41.9 Å². The SMILES string of the molecule is CO[C@@H]1C[C@@H]2CC(C)(C)OC[C@@]2(O)[C@H]1N1CCC(Cc2ccccc2)CC1. The van der Waals surface area contributed by atoms with E-state index in [-0.39, 0.29) is 23.7 Å². The van der Waals surface area contributed by atoms with Crippen LogP contribution in [0.5, 0.6) is 0 Å². The van der Waals surface area contributed by atoms with E-state index in [2.05, 4.69) is 49.1 Å². The highest BCUT2D eigenvalue weighted by Gasteiger charge is 2.60. The third-order valence-electron chi connectivity index (χ3n) is 7.23. The first-order valence-electron chi connectivity index (χ1n) is 10.6. The van der Waals surface area contributed by atoms with Gasteiger partial charge in [0.1, 0.15) is 5.60 Å². The summed E-state index contributed by atoms with van der Waals surface area (Å²) < 4.78 is 11.9. The summed E-state index contributed by atoms with van der Waals surface area (Å²) in [5, 5.41) is 11.6. The van der Waals surface area contributed by atoms with Crippen LogP contribution in [-0.2, 0) is 15.9 Å². The van der Waals surface area contributed by atoms with Gasteiger partial charge in [-0.2, -0.15) is 0 Å². The Kier molecular flexibility index (Phi) is 5.36. The minimum atomic E-state index is -0.775.